The predicted molar refractivity (Wildman–Crippen MR) is 110 cm³/mol. The van der Waals surface area contributed by atoms with E-state index in [4.69, 9.17) is 23.2 Å². The van der Waals surface area contributed by atoms with Crippen LogP contribution in [0.4, 0.5) is 23.4 Å². The summed E-state index contributed by atoms with van der Waals surface area (Å²) in [6.45, 7) is -0.592. The summed E-state index contributed by atoms with van der Waals surface area (Å²) in [5.74, 6) is -6.64. The van der Waals surface area contributed by atoms with Crippen molar-refractivity contribution in [3.8, 4) is 11.3 Å². The standard InChI is InChI=1S/C20H11Cl2F4N5O/c21-9-1-2-10(12(22)5-9)15-7-16(29-28-15)20(32)27-17-3-4-31(30-17)8-11-18(25)13(23)6-14(24)19(11)26/h1-7H,8H2,(H,28,29)(H,27,30,32). The van der Waals surface area contributed by atoms with E-state index in [1.54, 1.807) is 12.1 Å². The molecule has 0 aliphatic rings. The van der Waals surface area contributed by atoms with Crippen molar-refractivity contribution in [2.75, 3.05) is 5.32 Å². The molecule has 2 heterocycles. The summed E-state index contributed by atoms with van der Waals surface area (Å²) in [6, 6.07) is 7.74. The lowest BCUT2D eigenvalue weighted by Crippen LogP contribution is -2.14. The first kappa shape index (κ1) is 21.8. The van der Waals surface area contributed by atoms with Gasteiger partial charge in [0.05, 0.1) is 22.8 Å². The molecule has 4 aromatic rings. The average molecular weight is 484 g/mol. The van der Waals surface area contributed by atoms with Crippen LogP contribution in [-0.4, -0.2) is 25.9 Å². The molecular formula is C20H11Cl2F4N5O. The lowest BCUT2D eigenvalue weighted by Gasteiger charge is -2.07. The normalized spacial score (nSPS) is 11.1. The molecule has 6 nitrogen and oxygen atoms in total. The summed E-state index contributed by atoms with van der Waals surface area (Å²) in [7, 11) is 0. The van der Waals surface area contributed by atoms with Gasteiger partial charge in [0.2, 0.25) is 0 Å². The second-order valence-corrected chi connectivity index (χ2v) is 7.43. The molecule has 1 amide bonds. The van der Waals surface area contributed by atoms with E-state index in [2.05, 4.69) is 20.6 Å². The number of benzene rings is 2. The number of nitrogens with zero attached hydrogens (tertiary/aromatic N) is 3. The van der Waals surface area contributed by atoms with Crippen LogP contribution in [0.1, 0.15) is 16.1 Å². The van der Waals surface area contributed by atoms with E-state index in [0.717, 1.165) is 4.68 Å². The maximum absolute atomic E-state index is 13.8. The van der Waals surface area contributed by atoms with Gasteiger partial charge in [-0.15, -0.1) is 0 Å². The molecule has 0 fully saturated rings. The predicted octanol–water partition coefficient (Wildman–Crippen LogP) is 5.44. The van der Waals surface area contributed by atoms with E-state index in [9.17, 15) is 22.4 Å². The van der Waals surface area contributed by atoms with Crippen LogP contribution in [0.2, 0.25) is 10.0 Å². The molecule has 2 aromatic heterocycles. The summed E-state index contributed by atoms with van der Waals surface area (Å²) in [5, 5.41) is 13.8. The van der Waals surface area contributed by atoms with E-state index < -0.39 is 41.3 Å². The van der Waals surface area contributed by atoms with Crippen LogP contribution in [0.15, 0.2) is 42.6 Å². The highest BCUT2D eigenvalue weighted by Crippen LogP contribution is 2.29. The Labute approximate surface area is 187 Å². The first-order valence-electron chi connectivity index (χ1n) is 8.90. The Morgan fingerprint density at radius 2 is 1.75 bits per heavy atom. The van der Waals surface area contributed by atoms with Crippen molar-refractivity contribution in [1.29, 1.82) is 0 Å². The number of H-pyrrole nitrogens is 1. The fraction of sp³-hybridized carbons (Fsp3) is 0.0500. The van der Waals surface area contributed by atoms with E-state index in [0.29, 0.717) is 21.3 Å². The number of aromatic nitrogens is 4. The second-order valence-electron chi connectivity index (χ2n) is 6.59. The molecule has 0 aliphatic carbocycles. The van der Waals surface area contributed by atoms with Gasteiger partial charge >= 0.3 is 0 Å². The molecule has 0 saturated carbocycles. The van der Waals surface area contributed by atoms with Crippen LogP contribution in [-0.2, 0) is 6.54 Å². The number of anilines is 1. The van der Waals surface area contributed by atoms with Gasteiger partial charge in [-0.1, -0.05) is 23.2 Å². The molecule has 2 N–H and O–H groups in total. The van der Waals surface area contributed by atoms with Crippen LogP contribution >= 0.6 is 23.2 Å². The Kier molecular flexibility index (Phi) is 5.90. The third-order valence-electron chi connectivity index (χ3n) is 4.43. The molecular weight excluding hydrogens is 473 g/mol. The Bertz CT molecular complexity index is 1310. The van der Waals surface area contributed by atoms with Gasteiger partial charge in [0.1, 0.15) is 5.69 Å². The zero-order valence-electron chi connectivity index (χ0n) is 15.8. The smallest absolute Gasteiger partial charge is 0.274 e. The van der Waals surface area contributed by atoms with Gasteiger partial charge in [0, 0.05) is 28.9 Å². The van der Waals surface area contributed by atoms with Crippen LogP contribution in [0, 0.1) is 23.3 Å². The van der Waals surface area contributed by atoms with E-state index in [1.807, 2.05) is 0 Å². The number of rotatable bonds is 5. The lowest BCUT2D eigenvalue weighted by molar-refractivity contribution is 0.102. The third-order valence-corrected chi connectivity index (χ3v) is 4.98. The van der Waals surface area contributed by atoms with E-state index >= 15 is 0 Å². The van der Waals surface area contributed by atoms with Crippen LogP contribution in [0.25, 0.3) is 11.3 Å². The minimum Gasteiger partial charge on any atom is -0.304 e. The summed E-state index contributed by atoms with van der Waals surface area (Å²) < 4.78 is 55.4. The van der Waals surface area contributed by atoms with Crippen molar-refractivity contribution in [2.24, 2.45) is 0 Å². The summed E-state index contributed by atoms with van der Waals surface area (Å²) >= 11 is 12.0. The molecule has 0 atom stereocenters. The Morgan fingerprint density at radius 1 is 1.03 bits per heavy atom. The van der Waals surface area contributed by atoms with Crippen LogP contribution < -0.4 is 5.32 Å². The zero-order valence-corrected chi connectivity index (χ0v) is 17.3. The zero-order chi connectivity index (χ0) is 23.0. The molecule has 4 rings (SSSR count). The molecule has 32 heavy (non-hydrogen) atoms. The molecule has 0 saturated heterocycles. The first-order chi connectivity index (χ1) is 15.2. The van der Waals surface area contributed by atoms with E-state index in [-0.39, 0.29) is 17.6 Å². The highest BCUT2D eigenvalue weighted by atomic mass is 35.5. The minimum atomic E-state index is -1.52. The highest BCUT2D eigenvalue weighted by molar-refractivity contribution is 6.36. The highest BCUT2D eigenvalue weighted by Gasteiger charge is 2.20. The van der Waals surface area contributed by atoms with Gasteiger partial charge in [-0.25, -0.2) is 17.6 Å². The maximum atomic E-state index is 13.8. The van der Waals surface area contributed by atoms with Crippen LogP contribution in [0.3, 0.4) is 0 Å². The van der Waals surface area contributed by atoms with Gasteiger partial charge in [-0.05, 0) is 24.3 Å². The fourth-order valence-corrected chi connectivity index (χ4v) is 3.40. The number of hydrogen-bond acceptors (Lipinski definition) is 3. The number of amides is 1. The molecule has 0 bridgehead atoms. The van der Waals surface area contributed by atoms with Gasteiger partial charge < -0.3 is 5.32 Å². The van der Waals surface area contributed by atoms with Crippen molar-refractivity contribution in [2.45, 2.75) is 6.54 Å². The topological polar surface area (TPSA) is 75.6 Å². The largest absolute Gasteiger partial charge is 0.304 e. The molecule has 2 aromatic carbocycles. The summed E-state index contributed by atoms with van der Waals surface area (Å²) in [6.07, 6.45) is 1.28. The first-order valence-corrected chi connectivity index (χ1v) is 9.66. The molecule has 12 heteroatoms. The molecule has 0 aliphatic heterocycles. The minimum absolute atomic E-state index is 0.0355. The number of carbonyl (C=O) groups excluding carboxylic acids is 1. The van der Waals surface area contributed by atoms with E-state index in [1.165, 1.54) is 24.4 Å². The summed E-state index contributed by atoms with van der Waals surface area (Å²) in [4.78, 5) is 12.5. The number of hydrogen-bond donors (Lipinski definition) is 2. The SMILES string of the molecule is O=C(Nc1ccn(Cc2c(F)c(F)cc(F)c2F)n1)c1cc(-c2ccc(Cl)cc2Cl)n[nH]1. The molecule has 164 valence electrons. The van der Waals surface area contributed by atoms with Gasteiger partial charge in [0.25, 0.3) is 5.91 Å². The number of nitrogens with one attached hydrogen (secondary N) is 2. The maximum Gasteiger partial charge on any atom is 0.274 e. The average Bonchev–Trinajstić information content (AvgIpc) is 3.39. The Hall–Kier alpha value is -3.37. The number of carbonyl (C=O) groups is 1. The molecule has 0 unspecified atom stereocenters. The van der Waals surface area contributed by atoms with Crippen molar-refractivity contribution in [3.63, 3.8) is 0 Å². The lowest BCUT2D eigenvalue weighted by atomic mass is 10.1. The van der Waals surface area contributed by atoms with Crippen molar-refractivity contribution in [3.05, 3.63) is 87.2 Å². The van der Waals surface area contributed by atoms with Gasteiger partial charge in [-0.2, -0.15) is 10.2 Å². The van der Waals surface area contributed by atoms with Gasteiger partial charge in [-0.3, -0.25) is 14.6 Å². The molecule has 0 radical (unpaired) electrons. The Morgan fingerprint density at radius 3 is 2.44 bits per heavy atom. The molecule has 0 spiro atoms. The summed E-state index contributed by atoms with van der Waals surface area (Å²) in [5.41, 5.74) is 0.217. The quantitative estimate of drug-likeness (QED) is 0.293. The number of aromatic amines is 1. The van der Waals surface area contributed by atoms with Crippen molar-refractivity contribution in [1.82, 2.24) is 20.0 Å². The number of halogens is 6. The van der Waals surface area contributed by atoms with Gasteiger partial charge in [0.15, 0.2) is 29.1 Å². The van der Waals surface area contributed by atoms with Crippen molar-refractivity contribution < 1.29 is 22.4 Å². The monoisotopic (exact) mass is 483 g/mol. The van der Waals surface area contributed by atoms with Crippen molar-refractivity contribution >= 4 is 34.9 Å². The third kappa shape index (κ3) is 4.32. The van der Waals surface area contributed by atoms with Crippen LogP contribution in [0.5, 0.6) is 0 Å². The second kappa shape index (κ2) is 8.64. The fourth-order valence-electron chi connectivity index (χ4n) is 2.90. The Balaban J connectivity index is 1.49.